The third-order valence-electron chi connectivity index (χ3n) is 6.78. The number of aryl methyl sites for hydroxylation is 2. The van der Waals surface area contributed by atoms with Crippen molar-refractivity contribution in [2.45, 2.75) is 53.1 Å². The highest BCUT2D eigenvalue weighted by Gasteiger charge is 2.24. The number of nitrogens with one attached hydrogen (secondary N) is 2. The van der Waals surface area contributed by atoms with Crippen LogP contribution in [0.25, 0.3) is 16.7 Å². The minimum atomic E-state index is -1.05. The van der Waals surface area contributed by atoms with Crippen molar-refractivity contribution in [3.05, 3.63) is 81.0 Å². The number of ether oxygens (including phenoxy) is 2. The van der Waals surface area contributed by atoms with Crippen LogP contribution in [0.1, 0.15) is 48.6 Å². The first-order valence-electron chi connectivity index (χ1n) is 14.3. The van der Waals surface area contributed by atoms with Crippen LogP contribution in [0, 0.1) is 13.8 Å². The topological polar surface area (TPSA) is 164 Å². The Bertz CT molecular complexity index is 1780. The van der Waals surface area contributed by atoms with E-state index >= 15 is 0 Å². The van der Waals surface area contributed by atoms with E-state index in [0.29, 0.717) is 38.9 Å². The molecule has 14 heteroatoms. The molecule has 0 spiro atoms. The fourth-order valence-electron chi connectivity index (χ4n) is 4.59. The fourth-order valence-corrected chi connectivity index (χ4v) is 4.72. The first-order chi connectivity index (χ1) is 21.5. The predicted molar refractivity (Wildman–Crippen MR) is 166 cm³/mol. The Kier molecular flexibility index (Phi) is 10.7. The second-order valence-electron chi connectivity index (χ2n) is 9.97. The molecule has 2 aromatic heterocycles. The molecular weight excluding hydrogens is 604 g/mol. The molecule has 4 aromatic rings. The predicted octanol–water partition coefficient (Wildman–Crippen LogP) is 3.50. The van der Waals surface area contributed by atoms with E-state index in [1.54, 1.807) is 56.6 Å². The molecule has 0 fully saturated rings. The third-order valence-corrected chi connectivity index (χ3v) is 7.03. The van der Waals surface area contributed by atoms with Gasteiger partial charge in [-0.25, -0.2) is 14.5 Å². The number of hydrogen-bond donors (Lipinski definition) is 2. The summed E-state index contributed by atoms with van der Waals surface area (Å²) in [6.45, 7) is 6.66. The van der Waals surface area contributed by atoms with Crippen LogP contribution in [0.3, 0.4) is 0 Å². The summed E-state index contributed by atoms with van der Waals surface area (Å²) in [6.07, 6.45) is -0.0593. The number of benzene rings is 2. The zero-order valence-corrected chi connectivity index (χ0v) is 26.0. The zero-order chi connectivity index (χ0) is 32.7. The molecule has 0 saturated carbocycles. The van der Waals surface area contributed by atoms with E-state index in [2.05, 4.69) is 20.7 Å². The normalized spacial score (nSPS) is 11.6. The van der Waals surface area contributed by atoms with Crippen LogP contribution in [0.5, 0.6) is 0 Å². The lowest BCUT2D eigenvalue weighted by atomic mass is 10.1. The maximum Gasteiger partial charge on any atom is 0.328 e. The van der Waals surface area contributed by atoms with Crippen molar-refractivity contribution in [3.63, 3.8) is 0 Å². The molecule has 0 aliphatic carbocycles. The molecule has 236 valence electrons. The second kappa shape index (κ2) is 14.6. The molecule has 13 nitrogen and oxygen atoms in total. The summed E-state index contributed by atoms with van der Waals surface area (Å²) in [7, 11) is 0. The van der Waals surface area contributed by atoms with Gasteiger partial charge >= 0.3 is 11.9 Å². The number of amides is 2. The number of nitrogens with zero attached hydrogens (tertiary/aromatic N) is 4. The minimum absolute atomic E-state index is 0.0123. The average molecular weight is 637 g/mol. The monoisotopic (exact) mass is 636 g/mol. The smallest absolute Gasteiger partial charge is 0.328 e. The molecule has 4 rings (SSSR count). The van der Waals surface area contributed by atoms with E-state index in [1.807, 2.05) is 0 Å². The number of esters is 2. The van der Waals surface area contributed by atoms with Crippen molar-refractivity contribution in [2.24, 2.45) is 0 Å². The van der Waals surface area contributed by atoms with Gasteiger partial charge in [-0.15, -0.1) is 0 Å². The molecule has 0 aliphatic rings. The Labute approximate surface area is 263 Å². The molecule has 2 N–H and O–H groups in total. The Balaban J connectivity index is 1.44. The quantitative estimate of drug-likeness (QED) is 0.222. The second-order valence-corrected chi connectivity index (χ2v) is 10.4. The van der Waals surface area contributed by atoms with Crippen LogP contribution in [-0.4, -0.2) is 62.3 Å². The zero-order valence-electron chi connectivity index (χ0n) is 25.3. The van der Waals surface area contributed by atoms with Crippen LogP contribution in [0.2, 0.25) is 5.02 Å². The van der Waals surface area contributed by atoms with E-state index in [-0.39, 0.29) is 38.2 Å². The molecule has 2 amide bonds. The first kappa shape index (κ1) is 32.9. The van der Waals surface area contributed by atoms with Gasteiger partial charge in [0.2, 0.25) is 5.91 Å². The number of anilines is 1. The Morgan fingerprint density at radius 2 is 1.62 bits per heavy atom. The number of carbonyl (C=O) groups excluding carboxylic acids is 4. The van der Waals surface area contributed by atoms with Crippen LogP contribution in [0.4, 0.5) is 5.69 Å². The first-order valence-corrected chi connectivity index (χ1v) is 14.7. The fraction of sp³-hybridized carbons (Fsp3) is 0.323. The number of halogens is 1. The summed E-state index contributed by atoms with van der Waals surface area (Å²) in [5.74, 6) is -1.88. The van der Waals surface area contributed by atoms with Gasteiger partial charge in [-0.2, -0.15) is 5.10 Å². The van der Waals surface area contributed by atoms with Gasteiger partial charge in [-0.1, -0.05) is 11.6 Å². The Morgan fingerprint density at radius 1 is 0.956 bits per heavy atom. The maximum atomic E-state index is 13.4. The summed E-state index contributed by atoms with van der Waals surface area (Å²) in [4.78, 5) is 67.9. The van der Waals surface area contributed by atoms with E-state index in [4.69, 9.17) is 21.1 Å². The van der Waals surface area contributed by atoms with Gasteiger partial charge in [-0.05, 0) is 82.6 Å². The molecule has 45 heavy (non-hydrogen) atoms. The van der Waals surface area contributed by atoms with Gasteiger partial charge in [0.25, 0.3) is 11.5 Å². The third kappa shape index (κ3) is 7.92. The lowest BCUT2D eigenvalue weighted by molar-refractivity contribution is -0.146. The maximum absolute atomic E-state index is 13.4. The van der Waals surface area contributed by atoms with Gasteiger partial charge in [0.05, 0.1) is 24.6 Å². The van der Waals surface area contributed by atoms with E-state index in [9.17, 15) is 24.0 Å². The average Bonchev–Trinajstić information content (AvgIpc) is 3.33. The number of aromatic nitrogens is 4. The summed E-state index contributed by atoms with van der Waals surface area (Å²) < 4.78 is 12.8. The lowest BCUT2D eigenvalue weighted by Gasteiger charge is -2.17. The lowest BCUT2D eigenvalue weighted by Crippen LogP contribution is -2.42. The van der Waals surface area contributed by atoms with Gasteiger partial charge < -0.3 is 20.1 Å². The minimum Gasteiger partial charge on any atom is -0.466 e. The molecule has 0 radical (unpaired) electrons. The molecule has 2 aromatic carbocycles. The number of rotatable bonds is 12. The molecule has 2 heterocycles. The molecule has 0 unspecified atom stereocenters. The highest BCUT2D eigenvalue weighted by atomic mass is 35.5. The molecule has 0 bridgehead atoms. The molecular formula is C31H33ClN6O7. The molecule has 0 saturated heterocycles. The van der Waals surface area contributed by atoms with Crippen molar-refractivity contribution in [3.8, 4) is 5.69 Å². The summed E-state index contributed by atoms with van der Waals surface area (Å²) >= 11 is 6.00. The highest BCUT2D eigenvalue weighted by Crippen LogP contribution is 2.20. The van der Waals surface area contributed by atoms with Crippen LogP contribution in [-0.2, 0) is 30.4 Å². The van der Waals surface area contributed by atoms with Crippen molar-refractivity contribution < 1.29 is 28.7 Å². The van der Waals surface area contributed by atoms with Gasteiger partial charge in [0.15, 0.2) is 5.65 Å². The molecule has 1 atom stereocenters. The van der Waals surface area contributed by atoms with Gasteiger partial charge in [-0.3, -0.25) is 23.7 Å². The van der Waals surface area contributed by atoms with Crippen LogP contribution >= 0.6 is 11.6 Å². The van der Waals surface area contributed by atoms with Crippen molar-refractivity contribution in [1.29, 1.82) is 0 Å². The van der Waals surface area contributed by atoms with Gasteiger partial charge in [0, 0.05) is 22.7 Å². The largest absolute Gasteiger partial charge is 0.466 e. The number of carbonyl (C=O) groups is 4. The highest BCUT2D eigenvalue weighted by molar-refractivity contribution is 6.30. The van der Waals surface area contributed by atoms with E-state index in [0.717, 1.165) is 0 Å². The van der Waals surface area contributed by atoms with Crippen molar-refractivity contribution in [2.75, 3.05) is 18.5 Å². The molecule has 0 aliphatic heterocycles. The van der Waals surface area contributed by atoms with Gasteiger partial charge in [0.1, 0.15) is 23.8 Å². The Hall–Kier alpha value is -5.04. The SMILES string of the molecule is CCOC(=O)CC[C@H](NC(=O)c1ccc(NC(=O)Cn2c(C)nc3c(c(C)nn3-c3ccc(Cl)cc3)c2=O)cc1)C(=O)OCC. The summed E-state index contributed by atoms with van der Waals surface area (Å²) in [5.41, 5.74) is 1.71. The van der Waals surface area contributed by atoms with Crippen LogP contribution in [0.15, 0.2) is 53.3 Å². The van der Waals surface area contributed by atoms with Crippen LogP contribution < -0.4 is 16.2 Å². The number of hydrogen-bond acceptors (Lipinski definition) is 9. The summed E-state index contributed by atoms with van der Waals surface area (Å²) in [6, 6.07) is 11.9. The van der Waals surface area contributed by atoms with E-state index in [1.165, 1.54) is 28.8 Å². The standard InChI is InChI=1S/C31H33ClN6O7/c1-5-44-26(40)16-15-24(31(43)45-6-2)35-29(41)20-7-11-22(12-8-20)34-25(39)17-37-19(4)33-28-27(30(37)42)18(3)36-38(28)23-13-9-21(32)10-14-23/h7-14,24H,5-6,15-17H2,1-4H3,(H,34,39)(H,35,41)/t24-/m0/s1. The number of fused-ring (bicyclic) bond motifs is 1. The van der Waals surface area contributed by atoms with Crippen molar-refractivity contribution >= 4 is 52.1 Å². The van der Waals surface area contributed by atoms with E-state index < -0.39 is 35.4 Å². The van der Waals surface area contributed by atoms with Crippen molar-refractivity contribution in [1.82, 2.24) is 24.6 Å². The summed E-state index contributed by atoms with van der Waals surface area (Å²) in [5, 5.41) is 10.6. The Morgan fingerprint density at radius 3 is 2.27 bits per heavy atom.